The fourth-order valence-corrected chi connectivity index (χ4v) is 4.86. The van der Waals surface area contributed by atoms with E-state index in [0.717, 1.165) is 6.07 Å². The third-order valence-electron chi connectivity index (χ3n) is 5.42. The molecule has 0 unspecified atom stereocenters. The van der Waals surface area contributed by atoms with Crippen molar-refractivity contribution in [3.8, 4) is 22.8 Å². The Balaban J connectivity index is 1.95. The highest BCUT2D eigenvalue weighted by molar-refractivity contribution is 7.46. The van der Waals surface area contributed by atoms with Crippen LogP contribution in [0, 0.1) is 0 Å². The normalized spacial score (nSPS) is 20.4. The van der Waals surface area contributed by atoms with Crippen LogP contribution in [0.15, 0.2) is 45.6 Å². The average molecular weight is 483 g/mol. The maximum atomic E-state index is 12.9. The molecule has 2 heterocycles. The number of halogens is 1. The number of nitrogens with zero attached hydrogens (tertiary/aromatic N) is 1. The molecule has 0 radical (unpaired) electrons. The molecule has 3 aromatic rings. The molecule has 2 aromatic carbocycles. The molecule has 170 valence electrons. The fraction of sp³-hybridized carbons (Fsp3) is 0.286. The number of phenolic OH excluding ortho intramolecular Hbond substituents is 2. The molecule has 0 aliphatic carbocycles. The first kappa shape index (κ1) is 21.5. The van der Waals surface area contributed by atoms with Gasteiger partial charge < -0.3 is 29.3 Å². The number of phosphoric ester groups is 1. The van der Waals surface area contributed by atoms with Crippen molar-refractivity contribution in [2.45, 2.75) is 18.4 Å². The van der Waals surface area contributed by atoms with E-state index in [1.54, 1.807) is 29.2 Å². The Morgan fingerprint density at radius 2 is 2.00 bits per heavy atom. The highest BCUT2D eigenvalue weighted by Crippen LogP contribution is 2.47. The number of likely N-dealkylation sites (tertiary alicyclic amines) is 1. The molecule has 2 atom stereocenters. The second-order valence-corrected chi connectivity index (χ2v) is 9.19. The minimum atomic E-state index is -4.92. The van der Waals surface area contributed by atoms with Crippen molar-refractivity contribution in [1.29, 1.82) is 0 Å². The lowest BCUT2D eigenvalue weighted by molar-refractivity contribution is 0.0544. The van der Waals surface area contributed by atoms with Crippen LogP contribution in [0.4, 0.5) is 0 Å². The predicted molar refractivity (Wildman–Crippen MR) is 118 cm³/mol. The summed E-state index contributed by atoms with van der Waals surface area (Å²) in [7, 11) is -5.03. The second kappa shape index (κ2) is 8.51. The first-order chi connectivity index (χ1) is 15.6. The number of benzene rings is 2. The molecule has 1 saturated heterocycles. The minimum absolute atomic E-state index is 0.00945. The monoisotopic (exact) mass is 482 g/mol. The molecule has 0 saturated carbocycles. The highest BCUT2D eigenvalue weighted by atomic mass is 35.5. The molecule has 1 aliphatic heterocycles. The van der Waals surface area contributed by atoms with E-state index >= 15 is 0 Å². The molecular formula is C21H21ClNO8P. The number of phosphoric acid groups is 1. The number of likely N-dealkylation sites (N-methyl/N-ethyl adjacent to an activating group) is 1. The zero-order chi connectivity index (χ0) is 23.9. The summed E-state index contributed by atoms with van der Waals surface area (Å²) < 4.78 is 30.2. The summed E-state index contributed by atoms with van der Waals surface area (Å²) in [6.07, 6.45) is -0.866. The smallest absolute Gasteiger partial charge is 0.469 e. The number of aromatic hydroxyl groups is 2. The third-order valence-corrected chi connectivity index (χ3v) is 6.30. The van der Waals surface area contributed by atoms with Gasteiger partial charge in [-0.3, -0.25) is 9.32 Å². The van der Waals surface area contributed by atoms with Gasteiger partial charge in [-0.25, -0.2) is 4.57 Å². The molecule has 4 rings (SSSR count). The van der Waals surface area contributed by atoms with Gasteiger partial charge in [0, 0.05) is 37.1 Å². The molecule has 1 aromatic heterocycles. The molecule has 11 heteroatoms. The van der Waals surface area contributed by atoms with Gasteiger partial charge in [-0.1, -0.05) is 23.7 Å². The number of hydrogen-bond donors (Lipinski definition) is 4. The van der Waals surface area contributed by atoms with Crippen molar-refractivity contribution in [2.75, 3.05) is 20.1 Å². The maximum Gasteiger partial charge on any atom is 0.469 e. The Kier molecular flexibility index (Phi) is 5.71. The maximum absolute atomic E-state index is 12.9. The second-order valence-electron chi connectivity index (χ2n) is 7.59. The van der Waals surface area contributed by atoms with Crippen LogP contribution in [-0.2, 0) is 9.09 Å². The lowest BCUT2D eigenvalue weighted by Crippen LogP contribution is -2.41. The minimum Gasteiger partial charge on any atom is -0.507 e. The van der Waals surface area contributed by atoms with Crippen LogP contribution in [0.1, 0.15) is 19.3 Å². The van der Waals surface area contributed by atoms with E-state index in [9.17, 15) is 29.4 Å². The first-order valence-electron chi connectivity index (χ1n) is 10.3. The van der Waals surface area contributed by atoms with Crippen LogP contribution >= 0.6 is 19.4 Å². The molecule has 0 amide bonds. The van der Waals surface area contributed by atoms with Gasteiger partial charge in [0.05, 0.1) is 11.1 Å². The van der Waals surface area contributed by atoms with E-state index < -0.39 is 36.8 Å². The summed E-state index contributed by atoms with van der Waals surface area (Å²) in [5.74, 6) is -1.61. The van der Waals surface area contributed by atoms with Gasteiger partial charge in [0.25, 0.3) is 0 Å². The van der Waals surface area contributed by atoms with Gasteiger partial charge in [-0.2, -0.15) is 0 Å². The van der Waals surface area contributed by atoms with Gasteiger partial charge in [0.15, 0.2) is 5.43 Å². The summed E-state index contributed by atoms with van der Waals surface area (Å²) in [6.45, 7) is 0.390. The summed E-state index contributed by atoms with van der Waals surface area (Å²) >= 11 is 6.25. The molecule has 0 bridgehead atoms. The van der Waals surface area contributed by atoms with Gasteiger partial charge in [0.1, 0.15) is 28.2 Å². The van der Waals surface area contributed by atoms with E-state index in [1.165, 1.54) is 6.07 Å². The lowest BCUT2D eigenvalue weighted by atomic mass is 9.85. The van der Waals surface area contributed by atoms with Crippen molar-refractivity contribution in [3.05, 3.63) is 57.2 Å². The van der Waals surface area contributed by atoms with Crippen LogP contribution in [0.5, 0.6) is 11.5 Å². The quantitative estimate of drug-likeness (QED) is 0.411. The molecule has 1 aliphatic rings. The average Bonchev–Trinajstić information content (AvgIpc) is 2.73. The summed E-state index contributed by atoms with van der Waals surface area (Å²) in [5, 5.41) is 21.2. The number of hydrogen-bond acceptors (Lipinski definition) is 7. The first-order valence-corrected chi connectivity index (χ1v) is 11.5. The van der Waals surface area contributed by atoms with Crippen molar-refractivity contribution in [3.63, 3.8) is 0 Å². The Morgan fingerprint density at radius 3 is 2.69 bits per heavy atom. The Hall–Kier alpha value is -2.39. The summed E-state index contributed by atoms with van der Waals surface area (Å²) in [4.78, 5) is 33.4. The van der Waals surface area contributed by atoms with E-state index in [2.05, 4.69) is 0 Å². The Labute approximate surface area is 189 Å². The van der Waals surface area contributed by atoms with Gasteiger partial charge in [-0.15, -0.1) is 0 Å². The number of fused-ring (bicyclic) bond motifs is 1. The molecular weight excluding hydrogens is 461 g/mol. The lowest BCUT2D eigenvalue weighted by Gasteiger charge is -2.36. The van der Waals surface area contributed by atoms with Crippen LogP contribution in [0.2, 0.25) is 5.02 Å². The zero-order valence-corrected chi connectivity index (χ0v) is 18.3. The number of rotatable bonds is 4. The largest absolute Gasteiger partial charge is 0.507 e. The van der Waals surface area contributed by atoms with Crippen LogP contribution in [0.25, 0.3) is 22.3 Å². The summed E-state index contributed by atoms with van der Waals surface area (Å²) in [6, 6.07) is 8.83. The van der Waals surface area contributed by atoms with E-state index in [-0.39, 0.29) is 42.3 Å². The standard InChI is InChI=1S/C21H21ClNO8P/c1-23-7-6-12(18(10-23)31-32(27,28)29)19-14(24)8-15(25)20-16(26)9-17(30-21(19)20)11-4-2-3-5-13(11)22/h2-5,8-9,12,18,24-25H,6-7,10H2,1H3,(H2,27,28,29)/t12-,18+/m0/s1/i1D. The molecule has 4 N–H and O–H groups in total. The van der Waals surface area contributed by atoms with Crippen LogP contribution < -0.4 is 5.43 Å². The third kappa shape index (κ3) is 4.41. The fourth-order valence-electron chi connectivity index (χ4n) is 4.07. The van der Waals surface area contributed by atoms with Crippen molar-refractivity contribution in [2.24, 2.45) is 0 Å². The van der Waals surface area contributed by atoms with Gasteiger partial charge in [0.2, 0.25) is 0 Å². The van der Waals surface area contributed by atoms with E-state index in [4.69, 9.17) is 21.9 Å². The SMILES string of the molecule is [2H]CN1CC[C@H](c2c(O)cc(O)c3c(=O)cc(-c4ccccc4Cl)oc23)[C@H](OP(=O)(O)O)C1. The number of phenols is 2. The molecule has 1 fully saturated rings. The molecule has 9 nitrogen and oxygen atoms in total. The molecule has 32 heavy (non-hydrogen) atoms. The number of piperidine rings is 1. The van der Waals surface area contributed by atoms with E-state index in [0.29, 0.717) is 17.1 Å². The summed E-state index contributed by atoms with van der Waals surface area (Å²) in [5.41, 5.74) is -0.213. The predicted octanol–water partition coefficient (Wildman–Crippen LogP) is 3.42. The molecule has 0 spiro atoms. The Morgan fingerprint density at radius 1 is 1.25 bits per heavy atom. The zero-order valence-electron chi connectivity index (χ0n) is 17.6. The topological polar surface area (TPSA) is 141 Å². The van der Waals surface area contributed by atoms with Gasteiger partial charge in [-0.05, 0) is 32.1 Å². The van der Waals surface area contributed by atoms with Crippen molar-refractivity contribution < 1.29 is 34.9 Å². The van der Waals surface area contributed by atoms with Crippen LogP contribution in [0.3, 0.4) is 0 Å². The van der Waals surface area contributed by atoms with Crippen LogP contribution in [-0.4, -0.2) is 51.1 Å². The Bertz CT molecular complexity index is 1310. The highest BCUT2D eigenvalue weighted by Gasteiger charge is 2.38. The van der Waals surface area contributed by atoms with E-state index in [1.807, 2.05) is 0 Å². The van der Waals surface area contributed by atoms with Crippen molar-refractivity contribution in [1.82, 2.24) is 4.90 Å². The van der Waals surface area contributed by atoms with Crippen molar-refractivity contribution >= 4 is 30.4 Å². The van der Waals surface area contributed by atoms with Gasteiger partial charge >= 0.3 is 7.82 Å².